The summed E-state index contributed by atoms with van der Waals surface area (Å²) in [6.45, 7) is 0. The number of carbonyl (C=O) groups is 1. The minimum Gasteiger partial charge on any atom is -0.505 e. The number of hydrogen-bond acceptors (Lipinski definition) is 5. The highest BCUT2D eigenvalue weighted by Gasteiger charge is 2.13. The normalized spacial score (nSPS) is 10.5. The van der Waals surface area contributed by atoms with Crippen LogP contribution in [0.15, 0.2) is 48.9 Å². The van der Waals surface area contributed by atoms with E-state index < -0.39 is 5.91 Å². The van der Waals surface area contributed by atoms with E-state index in [1.165, 1.54) is 6.20 Å². The lowest BCUT2D eigenvalue weighted by atomic mass is 10.1. The molecule has 0 aliphatic rings. The van der Waals surface area contributed by atoms with Gasteiger partial charge >= 0.3 is 0 Å². The first kappa shape index (κ1) is 12.9. The van der Waals surface area contributed by atoms with Gasteiger partial charge in [-0.2, -0.15) is 0 Å². The minimum absolute atomic E-state index is 0.166. The maximum absolute atomic E-state index is 11.2. The summed E-state index contributed by atoms with van der Waals surface area (Å²) in [5, 5.41) is 11.2. The summed E-state index contributed by atoms with van der Waals surface area (Å²) in [6, 6.07) is 8.60. The number of benzene rings is 1. The van der Waals surface area contributed by atoms with Gasteiger partial charge in [-0.05, 0) is 30.3 Å². The molecule has 104 valence electrons. The highest BCUT2D eigenvalue weighted by Crippen LogP contribution is 2.31. The van der Waals surface area contributed by atoms with E-state index >= 15 is 0 Å². The van der Waals surface area contributed by atoms with Crippen molar-refractivity contribution in [1.29, 1.82) is 0 Å². The molecule has 0 spiro atoms. The Hall–Kier alpha value is -3.15. The topological polar surface area (TPSA) is 98.3 Å². The molecule has 0 bridgehead atoms. The van der Waals surface area contributed by atoms with Crippen LogP contribution in [0.25, 0.3) is 10.8 Å². The zero-order valence-electron chi connectivity index (χ0n) is 10.9. The summed E-state index contributed by atoms with van der Waals surface area (Å²) in [4.78, 5) is 19.0. The molecule has 0 aliphatic carbocycles. The molecule has 3 N–H and O–H groups in total. The van der Waals surface area contributed by atoms with E-state index in [2.05, 4.69) is 9.97 Å². The van der Waals surface area contributed by atoms with Gasteiger partial charge in [0.1, 0.15) is 11.5 Å². The third-order valence-electron chi connectivity index (χ3n) is 2.94. The van der Waals surface area contributed by atoms with E-state index in [4.69, 9.17) is 10.5 Å². The van der Waals surface area contributed by atoms with Crippen molar-refractivity contribution in [1.82, 2.24) is 9.97 Å². The molecule has 1 aromatic carbocycles. The van der Waals surface area contributed by atoms with Crippen LogP contribution in [0.4, 0.5) is 0 Å². The molecule has 2 heterocycles. The van der Waals surface area contributed by atoms with Gasteiger partial charge in [-0.15, -0.1) is 0 Å². The Morgan fingerprint density at radius 1 is 1.19 bits per heavy atom. The minimum atomic E-state index is -0.784. The molecule has 1 amide bonds. The molecular formula is C15H11N3O3. The Labute approximate surface area is 119 Å². The number of nitrogens with two attached hydrogens (primary N) is 1. The number of fused-ring (bicyclic) bond motifs is 1. The molecule has 0 saturated heterocycles. The lowest BCUT2D eigenvalue weighted by Gasteiger charge is -2.08. The largest absolute Gasteiger partial charge is 0.505 e. The predicted molar refractivity (Wildman–Crippen MR) is 76.2 cm³/mol. The third-order valence-corrected chi connectivity index (χ3v) is 2.94. The van der Waals surface area contributed by atoms with Crippen LogP contribution in [-0.4, -0.2) is 21.0 Å². The predicted octanol–water partition coefficient (Wildman–Crippen LogP) is 2.23. The Kier molecular flexibility index (Phi) is 3.12. The number of ether oxygens (including phenoxy) is 1. The molecule has 0 saturated carbocycles. The van der Waals surface area contributed by atoms with E-state index in [9.17, 15) is 9.90 Å². The third kappa shape index (κ3) is 2.46. The molecule has 0 fully saturated rings. The maximum atomic E-state index is 11.2. The van der Waals surface area contributed by atoms with Gasteiger partial charge in [0.05, 0.1) is 6.20 Å². The second-order valence-corrected chi connectivity index (χ2v) is 4.36. The van der Waals surface area contributed by atoms with Crippen LogP contribution < -0.4 is 10.5 Å². The number of amides is 1. The fourth-order valence-electron chi connectivity index (χ4n) is 1.96. The van der Waals surface area contributed by atoms with Gasteiger partial charge in [-0.25, -0.2) is 4.98 Å². The first-order chi connectivity index (χ1) is 10.1. The molecule has 21 heavy (non-hydrogen) atoms. The van der Waals surface area contributed by atoms with Crippen LogP contribution in [0.3, 0.4) is 0 Å². The molecule has 3 aromatic rings. The SMILES string of the molecule is NC(=O)c1ncc2ccc(Oc3cccnc3)cc2c1O. The summed E-state index contributed by atoms with van der Waals surface area (Å²) in [7, 11) is 0. The maximum Gasteiger partial charge on any atom is 0.271 e. The van der Waals surface area contributed by atoms with Crippen LogP contribution in [0.1, 0.15) is 10.5 Å². The number of primary amides is 1. The first-order valence-corrected chi connectivity index (χ1v) is 6.14. The number of aromatic nitrogens is 2. The average Bonchev–Trinajstić information content (AvgIpc) is 2.49. The van der Waals surface area contributed by atoms with E-state index in [-0.39, 0.29) is 11.4 Å². The lowest BCUT2D eigenvalue weighted by Crippen LogP contribution is -2.13. The van der Waals surface area contributed by atoms with E-state index in [0.717, 1.165) is 0 Å². The summed E-state index contributed by atoms with van der Waals surface area (Å²) in [5.74, 6) is 0.0394. The number of hydrogen-bond donors (Lipinski definition) is 2. The Balaban J connectivity index is 2.06. The number of pyridine rings is 2. The second-order valence-electron chi connectivity index (χ2n) is 4.36. The van der Waals surface area contributed by atoms with Crippen molar-refractivity contribution in [2.45, 2.75) is 0 Å². The number of carbonyl (C=O) groups excluding carboxylic acids is 1. The second kappa shape index (κ2) is 5.09. The standard InChI is InChI=1S/C15H11N3O3/c16-15(20)13-14(19)12-6-10(4-3-9(12)7-18-13)21-11-2-1-5-17-8-11/h1-8,19H,(H2,16,20). The fraction of sp³-hybridized carbons (Fsp3) is 0. The van der Waals surface area contributed by atoms with Gasteiger partial charge in [-0.1, -0.05) is 0 Å². The molecule has 0 radical (unpaired) electrons. The van der Waals surface area contributed by atoms with Crippen molar-refractivity contribution >= 4 is 16.7 Å². The zero-order chi connectivity index (χ0) is 14.8. The molecule has 0 atom stereocenters. The van der Waals surface area contributed by atoms with Crippen LogP contribution in [0.5, 0.6) is 17.2 Å². The molecular weight excluding hydrogens is 270 g/mol. The lowest BCUT2D eigenvalue weighted by molar-refractivity contribution is 0.0993. The van der Waals surface area contributed by atoms with Gasteiger partial charge in [-0.3, -0.25) is 9.78 Å². The van der Waals surface area contributed by atoms with E-state index in [1.54, 1.807) is 42.7 Å². The molecule has 6 nitrogen and oxygen atoms in total. The van der Waals surface area contributed by atoms with Crippen LogP contribution in [-0.2, 0) is 0 Å². The van der Waals surface area contributed by atoms with E-state index in [1.807, 2.05) is 0 Å². The molecule has 0 unspecified atom stereocenters. The summed E-state index contributed by atoms with van der Waals surface area (Å²) in [5.41, 5.74) is 5.00. The smallest absolute Gasteiger partial charge is 0.271 e. The first-order valence-electron chi connectivity index (χ1n) is 6.14. The zero-order valence-corrected chi connectivity index (χ0v) is 10.9. The van der Waals surface area contributed by atoms with Gasteiger partial charge in [0.2, 0.25) is 0 Å². The summed E-state index contributed by atoms with van der Waals surface area (Å²) in [6.07, 6.45) is 4.69. The molecule has 2 aromatic heterocycles. The van der Waals surface area contributed by atoms with Gasteiger partial charge < -0.3 is 15.6 Å². The van der Waals surface area contributed by atoms with Crippen LogP contribution in [0, 0.1) is 0 Å². The monoisotopic (exact) mass is 281 g/mol. The molecule has 3 rings (SSSR count). The number of rotatable bonds is 3. The highest BCUT2D eigenvalue weighted by molar-refractivity contribution is 6.00. The fourth-order valence-corrected chi connectivity index (χ4v) is 1.96. The Bertz CT molecular complexity index is 819. The highest BCUT2D eigenvalue weighted by atomic mass is 16.5. The Morgan fingerprint density at radius 2 is 2.05 bits per heavy atom. The van der Waals surface area contributed by atoms with Gasteiger partial charge in [0.25, 0.3) is 5.91 Å². The van der Waals surface area contributed by atoms with Crippen LogP contribution in [0.2, 0.25) is 0 Å². The van der Waals surface area contributed by atoms with Crippen molar-refractivity contribution in [3.05, 3.63) is 54.6 Å². The summed E-state index contributed by atoms with van der Waals surface area (Å²) >= 11 is 0. The van der Waals surface area contributed by atoms with Gasteiger partial charge in [0, 0.05) is 23.2 Å². The molecule has 6 heteroatoms. The van der Waals surface area contributed by atoms with Crippen molar-refractivity contribution in [3.63, 3.8) is 0 Å². The number of aromatic hydroxyl groups is 1. The van der Waals surface area contributed by atoms with Gasteiger partial charge in [0.15, 0.2) is 11.4 Å². The average molecular weight is 281 g/mol. The summed E-state index contributed by atoms with van der Waals surface area (Å²) < 4.78 is 5.63. The van der Waals surface area contributed by atoms with Crippen molar-refractivity contribution in [3.8, 4) is 17.2 Å². The van der Waals surface area contributed by atoms with Crippen molar-refractivity contribution in [2.75, 3.05) is 0 Å². The Morgan fingerprint density at radius 3 is 2.76 bits per heavy atom. The van der Waals surface area contributed by atoms with Crippen LogP contribution >= 0.6 is 0 Å². The quantitative estimate of drug-likeness (QED) is 0.767. The number of nitrogens with zero attached hydrogens (tertiary/aromatic N) is 2. The molecule has 0 aliphatic heterocycles. The van der Waals surface area contributed by atoms with E-state index in [0.29, 0.717) is 22.3 Å². The van der Waals surface area contributed by atoms with Crippen molar-refractivity contribution in [2.24, 2.45) is 5.73 Å². The van der Waals surface area contributed by atoms with Crippen molar-refractivity contribution < 1.29 is 14.6 Å².